The first-order valence-electron chi connectivity index (χ1n) is 13.5. The fourth-order valence-corrected chi connectivity index (χ4v) is 19.9. The Kier molecular flexibility index (Phi) is 21.2. The number of benzene rings is 4. The molecule has 10 unspecified atom stereocenters. The van der Waals surface area contributed by atoms with Crippen molar-refractivity contribution in [2.75, 3.05) is 0 Å². The van der Waals surface area contributed by atoms with Crippen LogP contribution in [0.5, 0.6) is 0 Å². The minimum atomic E-state index is -3.60. The first-order valence-corrected chi connectivity index (χ1v) is 28.9. The highest BCUT2D eigenvalue weighted by molar-refractivity contribution is 8.77. The molecule has 0 aliphatic heterocycles. The van der Waals surface area contributed by atoms with Crippen LogP contribution in [0.2, 0.25) is 0 Å². The first kappa shape index (κ1) is 51.7. The van der Waals surface area contributed by atoms with Gasteiger partial charge < -0.3 is 45.5 Å². The van der Waals surface area contributed by atoms with Crippen LogP contribution >= 0.6 is 43.2 Å². The summed E-state index contributed by atoms with van der Waals surface area (Å²) in [5.74, 6) is 0. The molecule has 0 bridgehead atoms. The lowest BCUT2D eigenvalue weighted by Gasteiger charge is -2.20. The van der Waals surface area contributed by atoms with E-state index in [9.17, 15) is 87.6 Å². The van der Waals surface area contributed by atoms with Crippen molar-refractivity contribution >= 4 is 154 Å². The Bertz CT molecular complexity index is 2170. The molecule has 10 N–H and O–H groups in total. The molecular weight excluding hydrogens is 1060 g/mol. The van der Waals surface area contributed by atoms with Gasteiger partial charge in [-0.15, -0.1) is 0 Å². The van der Waals surface area contributed by atoms with E-state index in [-0.39, 0.29) is 21.6 Å². The highest BCUT2D eigenvalue weighted by atomic mass is 33.1. The van der Waals surface area contributed by atoms with Gasteiger partial charge in [0.2, 0.25) is 0 Å². The van der Waals surface area contributed by atoms with E-state index in [0.29, 0.717) is 0 Å². The highest BCUT2D eigenvalue weighted by Crippen LogP contribution is 2.52. The molecule has 0 spiro atoms. The van der Waals surface area contributed by atoms with Crippen molar-refractivity contribution in [3.8, 4) is 0 Å². The van der Waals surface area contributed by atoms with Crippen molar-refractivity contribution in [3.05, 3.63) is 60.7 Å². The molecule has 10 atom stereocenters. The van der Waals surface area contributed by atoms with E-state index in [1.807, 2.05) is 12.1 Å². The lowest BCUT2D eigenvalue weighted by molar-refractivity contribution is 0.514. The van der Waals surface area contributed by atoms with Crippen LogP contribution in [0.4, 0.5) is 0 Å². The van der Waals surface area contributed by atoms with Crippen molar-refractivity contribution in [2.24, 2.45) is 0 Å². The molecule has 20 nitrogen and oxygen atoms in total. The minimum absolute atomic E-state index is 0.267. The van der Waals surface area contributed by atoms with Gasteiger partial charge in [0.05, 0.1) is 9.79 Å². The molecule has 0 fully saturated rings. The van der Waals surface area contributed by atoms with Gasteiger partial charge in [0, 0.05) is 9.79 Å². The van der Waals surface area contributed by atoms with Gasteiger partial charge in [-0.1, -0.05) is 58.0 Å². The normalized spacial score (nSPS) is 16.7. The maximum Gasteiger partial charge on any atom is 0.189 e. The fourth-order valence-electron chi connectivity index (χ4n) is 4.11. The van der Waals surface area contributed by atoms with Crippen LogP contribution < -0.4 is 0 Å². The Morgan fingerprint density at radius 3 is 0.603 bits per heavy atom. The third-order valence-corrected chi connectivity index (χ3v) is 20.2. The zero-order valence-corrected chi connectivity index (χ0v) is 38.5. The molecule has 320 valence electrons. The summed E-state index contributed by atoms with van der Waals surface area (Å²) in [6, 6.07) is 20.8. The number of hydrogen-bond donors (Lipinski definition) is 10. The minimum Gasteiger partial charge on any atom is -0.302 e. The molecule has 58 heavy (non-hydrogen) atoms. The van der Waals surface area contributed by atoms with Crippen LogP contribution in [-0.4, -0.2) is 87.6 Å². The summed E-state index contributed by atoms with van der Waals surface area (Å²) in [4.78, 5) is -14.8. The Labute approximate surface area is 367 Å². The SMILES string of the molecule is O=S(O)c1c(SSc2c(S(=O)O)c(S(=O)O)c(S(=O)O)c(S(=O)O)c2S(=O)O)c(S(=O)O)c(S(=O)O)c(S(=O)O)c1S(=O)O.c1ccc(SSc2ccccc2)cc1. The van der Waals surface area contributed by atoms with E-state index in [1.165, 1.54) is 9.79 Å². The molecule has 0 radical (unpaired) electrons. The predicted octanol–water partition coefficient (Wildman–Crippen LogP) is 4.78. The average molecular weight is 1080 g/mol. The van der Waals surface area contributed by atoms with E-state index in [2.05, 4.69) is 48.5 Å². The molecular formula is C24H20O20S14. The summed E-state index contributed by atoms with van der Waals surface area (Å²) in [5.41, 5.74) is 0. The zero-order chi connectivity index (χ0) is 43.8. The first-order chi connectivity index (χ1) is 27.1. The topological polar surface area (TPSA) is 373 Å². The van der Waals surface area contributed by atoms with Crippen LogP contribution in [-0.2, 0) is 111 Å². The molecule has 0 amide bonds. The van der Waals surface area contributed by atoms with Crippen LogP contribution in [0.3, 0.4) is 0 Å². The average Bonchev–Trinajstić information content (AvgIpc) is 3.14. The quantitative estimate of drug-likeness (QED) is 0.0533. The van der Waals surface area contributed by atoms with Gasteiger partial charge in [-0.25, -0.2) is 42.1 Å². The number of rotatable bonds is 16. The third kappa shape index (κ3) is 12.7. The summed E-state index contributed by atoms with van der Waals surface area (Å²) >= 11 is -35.9. The highest BCUT2D eigenvalue weighted by Gasteiger charge is 2.39. The zero-order valence-electron chi connectivity index (χ0n) is 27.0. The summed E-state index contributed by atoms with van der Waals surface area (Å²) < 4.78 is 220. The van der Waals surface area contributed by atoms with Gasteiger partial charge in [0.15, 0.2) is 111 Å². The van der Waals surface area contributed by atoms with E-state index in [4.69, 9.17) is 0 Å². The summed E-state index contributed by atoms with van der Waals surface area (Å²) in [6.07, 6.45) is 0. The van der Waals surface area contributed by atoms with Gasteiger partial charge in [0.1, 0.15) is 49.0 Å². The van der Waals surface area contributed by atoms with Gasteiger partial charge >= 0.3 is 0 Å². The lowest BCUT2D eigenvalue weighted by Crippen LogP contribution is -2.16. The van der Waals surface area contributed by atoms with Crippen molar-refractivity contribution in [1.82, 2.24) is 0 Å². The fraction of sp³-hybridized carbons (Fsp3) is 0. The second kappa shape index (κ2) is 23.7. The molecule has 0 saturated heterocycles. The lowest BCUT2D eigenvalue weighted by atomic mass is 10.3. The summed E-state index contributed by atoms with van der Waals surface area (Å²) in [5, 5.41) is 0. The van der Waals surface area contributed by atoms with E-state index >= 15 is 0 Å². The largest absolute Gasteiger partial charge is 0.302 e. The number of hydrogen-bond acceptors (Lipinski definition) is 14. The molecule has 4 aromatic rings. The Balaban J connectivity index is 0.000000533. The molecule has 4 aromatic carbocycles. The van der Waals surface area contributed by atoms with Gasteiger partial charge in [-0.05, 0) is 45.9 Å². The maximum atomic E-state index is 12.3. The third-order valence-electron chi connectivity index (χ3n) is 6.15. The smallest absolute Gasteiger partial charge is 0.189 e. The predicted molar refractivity (Wildman–Crippen MR) is 220 cm³/mol. The summed E-state index contributed by atoms with van der Waals surface area (Å²) in [6.45, 7) is 0. The Morgan fingerprint density at radius 2 is 0.431 bits per heavy atom. The molecule has 4 rings (SSSR count). The van der Waals surface area contributed by atoms with Crippen molar-refractivity contribution in [2.45, 2.75) is 68.5 Å². The van der Waals surface area contributed by atoms with Crippen LogP contribution in [0.25, 0.3) is 0 Å². The molecule has 0 aliphatic rings. The van der Waals surface area contributed by atoms with E-state index in [1.54, 1.807) is 21.6 Å². The molecule has 0 heterocycles. The van der Waals surface area contributed by atoms with E-state index < -0.39 is 170 Å². The van der Waals surface area contributed by atoms with Crippen LogP contribution in [0, 0.1) is 0 Å². The molecule has 0 aromatic heterocycles. The molecule has 0 saturated carbocycles. The summed E-state index contributed by atoms with van der Waals surface area (Å²) in [7, 11) is 3.05. The van der Waals surface area contributed by atoms with Gasteiger partial charge in [-0.2, -0.15) is 0 Å². The monoisotopic (exact) mass is 1080 g/mol. The van der Waals surface area contributed by atoms with Crippen molar-refractivity contribution in [1.29, 1.82) is 0 Å². The Morgan fingerprint density at radius 1 is 0.259 bits per heavy atom. The van der Waals surface area contributed by atoms with Crippen LogP contribution in [0.1, 0.15) is 0 Å². The van der Waals surface area contributed by atoms with E-state index in [0.717, 1.165) is 0 Å². The molecule has 0 aliphatic carbocycles. The molecule has 34 heteroatoms. The van der Waals surface area contributed by atoms with Crippen molar-refractivity contribution < 1.29 is 87.6 Å². The van der Waals surface area contributed by atoms with Gasteiger partial charge in [-0.3, -0.25) is 0 Å². The Hall–Kier alpha value is -0.620. The van der Waals surface area contributed by atoms with Gasteiger partial charge in [0.25, 0.3) is 0 Å². The standard InChI is InChI=1S/C12H10O20S12.C12H10S2/c13-35(14)3-1(4(36(15)16)8(40(23)24)11(43(29)30)7(3)39(21)22)33-34-2-5(37(17)18)9(41(25)26)12(44(31)32)10(42(27)28)6(2)38(19)20;1-3-7-11(8-4-1)13-14-12-9-5-2-6-10-12/h(H,13,14)(H,15,16)(H,17,18)(H,19,20)(H,21,22)(H,23,24)(H,25,26)(H,27,28)(H,29,30)(H,31,32);1-10H. The second-order valence-electron chi connectivity index (χ2n) is 9.40. The maximum absolute atomic E-state index is 12.3. The second-order valence-corrected chi connectivity index (χ2v) is 22.9. The van der Waals surface area contributed by atoms with Crippen LogP contribution in [0.15, 0.2) is 129 Å². The van der Waals surface area contributed by atoms with Crippen molar-refractivity contribution in [3.63, 3.8) is 0 Å².